The minimum atomic E-state index is -0.145. The number of rotatable bonds is 4. The van der Waals surface area contributed by atoms with Crippen molar-refractivity contribution in [2.45, 2.75) is 6.54 Å². The molecule has 3 N–H and O–H groups in total. The van der Waals surface area contributed by atoms with Gasteiger partial charge in [-0.1, -0.05) is 11.6 Å². The van der Waals surface area contributed by atoms with Gasteiger partial charge in [-0.05, 0) is 24.3 Å². The Morgan fingerprint density at radius 3 is 2.79 bits per heavy atom. The van der Waals surface area contributed by atoms with E-state index in [2.05, 4.69) is 10.4 Å². The molecule has 2 rings (SSSR count). The lowest BCUT2D eigenvalue weighted by Crippen LogP contribution is -2.26. The average Bonchev–Trinajstić information content (AvgIpc) is 2.83. The van der Waals surface area contributed by atoms with Gasteiger partial charge in [0.2, 0.25) is 0 Å². The molecule has 0 saturated carbocycles. The number of nitrogen functional groups attached to an aromatic ring is 1. The highest BCUT2D eigenvalue weighted by molar-refractivity contribution is 7.16. The highest BCUT2D eigenvalue weighted by atomic mass is 35.5. The fourth-order valence-corrected chi connectivity index (χ4v) is 2.68. The van der Waals surface area contributed by atoms with Crippen LogP contribution in [0.15, 0.2) is 30.5 Å². The fourth-order valence-electron chi connectivity index (χ4n) is 1.54. The Morgan fingerprint density at radius 1 is 1.47 bits per heavy atom. The third-order valence-electron chi connectivity index (χ3n) is 2.52. The first-order valence-electron chi connectivity index (χ1n) is 5.52. The number of pyridine rings is 1. The summed E-state index contributed by atoms with van der Waals surface area (Å²) in [5.41, 5.74) is 3.50. The van der Waals surface area contributed by atoms with Gasteiger partial charge in [-0.2, -0.15) is 0 Å². The third-order valence-corrected chi connectivity index (χ3v) is 3.73. The lowest BCUT2D eigenvalue weighted by molar-refractivity contribution is 0.0780. The van der Waals surface area contributed by atoms with Gasteiger partial charge in [-0.15, -0.1) is 11.3 Å². The number of hydrogen-bond donors (Lipinski definition) is 2. The maximum absolute atomic E-state index is 12.1. The van der Waals surface area contributed by atoms with Gasteiger partial charge in [0, 0.05) is 11.9 Å². The number of hydrazine groups is 1. The molecule has 0 radical (unpaired) electrons. The van der Waals surface area contributed by atoms with Gasteiger partial charge >= 0.3 is 0 Å². The van der Waals surface area contributed by atoms with Crippen molar-refractivity contribution in [3.63, 3.8) is 0 Å². The monoisotopic (exact) mass is 296 g/mol. The Hall–Kier alpha value is -1.63. The van der Waals surface area contributed by atoms with Crippen molar-refractivity contribution >= 4 is 34.5 Å². The Bertz CT molecular complexity index is 569. The van der Waals surface area contributed by atoms with Crippen LogP contribution in [0.1, 0.15) is 15.4 Å². The quantitative estimate of drug-likeness (QED) is 0.671. The number of nitrogens with two attached hydrogens (primary N) is 1. The molecule has 0 aromatic carbocycles. The topological polar surface area (TPSA) is 71.2 Å². The van der Waals surface area contributed by atoms with Crippen LogP contribution in [0.25, 0.3) is 0 Å². The molecule has 0 saturated heterocycles. The van der Waals surface area contributed by atoms with Crippen LogP contribution in [0.4, 0.5) is 5.69 Å². The van der Waals surface area contributed by atoms with Crippen LogP contribution in [-0.2, 0) is 6.54 Å². The van der Waals surface area contributed by atoms with E-state index in [1.165, 1.54) is 17.5 Å². The number of carbonyl (C=O) groups is 1. The maximum Gasteiger partial charge on any atom is 0.272 e. The summed E-state index contributed by atoms with van der Waals surface area (Å²) in [7, 11) is 1.73. The van der Waals surface area contributed by atoms with E-state index in [0.717, 1.165) is 4.88 Å². The van der Waals surface area contributed by atoms with Crippen molar-refractivity contribution < 1.29 is 4.79 Å². The molecule has 19 heavy (non-hydrogen) atoms. The normalized spacial score (nSPS) is 10.3. The van der Waals surface area contributed by atoms with E-state index in [-0.39, 0.29) is 5.91 Å². The van der Waals surface area contributed by atoms with E-state index in [9.17, 15) is 4.79 Å². The number of halogens is 1. The molecule has 7 heteroatoms. The summed E-state index contributed by atoms with van der Waals surface area (Å²) < 4.78 is 0.715. The van der Waals surface area contributed by atoms with E-state index in [1.54, 1.807) is 24.1 Å². The number of aromatic nitrogens is 1. The van der Waals surface area contributed by atoms with Crippen molar-refractivity contribution in [1.82, 2.24) is 9.88 Å². The zero-order chi connectivity index (χ0) is 13.8. The summed E-state index contributed by atoms with van der Waals surface area (Å²) in [5.74, 6) is 5.10. The first kappa shape index (κ1) is 13.8. The fraction of sp³-hybridized carbons (Fsp3) is 0.167. The largest absolute Gasteiger partial charge is 0.335 e. The van der Waals surface area contributed by atoms with Crippen LogP contribution >= 0.6 is 22.9 Å². The molecule has 2 aromatic rings. The zero-order valence-corrected chi connectivity index (χ0v) is 11.8. The summed E-state index contributed by atoms with van der Waals surface area (Å²) in [6, 6.07) is 7.07. The molecule has 0 aliphatic carbocycles. The summed E-state index contributed by atoms with van der Waals surface area (Å²) >= 11 is 7.32. The molecule has 0 bridgehead atoms. The molecule has 0 fully saturated rings. The van der Waals surface area contributed by atoms with Gasteiger partial charge in [-0.3, -0.25) is 10.6 Å². The smallest absolute Gasteiger partial charge is 0.272 e. The van der Waals surface area contributed by atoms with Gasteiger partial charge in [0.05, 0.1) is 22.8 Å². The molecular formula is C12H13ClN4OS. The molecular weight excluding hydrogens is 284 g/mol. The van der Waals surface area contributed by atoms with Crippen LogP contribution in [0.5, 0.6) is 0 Å². The summed E-state index contributed by atoms with van der Waals surface area (Å²) in [6.45, 7) is 0.509. The molecule has 0 aliphatic heterocycles. The second kappa shape index (κ2) is 6.01. The Kier molecular flexibility index (Phi) is 4.36. The van der Waals surface area contributed by atoms with Crippen molar-refractivity contribution in [1.29, 1.82) is 0 Å². The molecule has 5 nitrogen and oxygen atoms in total. The minimum absolute atomic E-state index is 0.145. The lowest BCUT2D eigenvalue weighted by atomic mass is 10.3. The molecule has 1 amide bonds. The van der Waals surface area contributed by atoms with Gasteiger partial charge < -0.3 is 10.3 Å². The van der Waals surface area contributed by atoms with E-state index < -0.39 is 0 Å². The number of nitrogens with one attached hydrogen (secondary N) is 1. The van der Waals surface area contributed by atoms with E-state index in [1.807, 2.05) is 12.1 Å². The van der Waals surface area contributed by atoms with Crippen molar-refractivity contribution in [2.75, 3.05) is 12.5 Å². The third kappa shape index (κ3) is 3.44. The average molecular weight is 297 g/mol. The number of nitrogens with zero attached hydrogens (tertiary/aromatic N) is 2. The second-order valence-electron chi connectivity index (χ2n) is 3.94. The molecule has 2 aromatic heterocycles. The van der Waals surface area contributed by atoms with Crippen molar-refractivity contribution in [3.05, 3.63) is 45.4 Å². The van der Waals surface area contributed by atoms with E-state index >= 15 is 0 Å². The predicted molar refractivity (Wildman–Crippen MR) is 77.2 cm³/mol. The summed E-state index contributed by atoms with van der Waals surface area (Å²) in [5, 5.41) is 0. The number of carbonyl (C=O) groups excluding carboxylic acids is 1. The van der Waals surface area contributed by atoms with Crippen LogP contribution in [0.2, 0.25) is 4.34 Å². The second-order valence-corrected chi connectivity index (χ2v) is 5.74. The van der Waals surface area contributed by atoms with Gasteiger partial charge in [0.1, 0.15) is 5.69 Å². The van der Waals surface area contributed by atoms with Crippen molar-refractivity contribution in [2.24, 2.45) is 5.84 Å². The van der Waals surface area contributed by atoms with Crippen LogP contribution in [0.3, 0.4) is 0 Å². The minimum Gasteiger partial charge on any atom is -0.335 e. The Balaban J connectivity index is 2.05. The molecule has 0 spiro atoms. The Labute approximate surface area is 120 Å². The highest BCUT2D eigenvalue weighted by Crippen LogP contribution is 2.22. The molecule has 0 atom stereocenters. The molecule has 0 unspecified atom stereocenters. The zero-order valence-electron chi connectivity index (χ0n) is 10.3. The SMILES string of the molecule is CN(Cc1ccc(Cl)s1)C(=O)c1ccc(NN)cn1. The Morgan fingerprint density at radius 2 is 2.26 bits per heavy atom. The summed E-state index contributed by atoms with van der Waals surface area (Å²) in [6.07, 6.45) is 1.52. The van der Waals surface area contributed by atoms with E-state index in [4.69, 9.17) is 17.4 Å². The van der Waals surface area contributed by atoms with Gasteiger partial charge in [0.15, 0.2) is 0 Å². The molecule has 2 heterocycles. The van der Waals surface area contributed by atoms with E-state index in [0.29, 0.717) is 22.3 Å². The van der Waals surface area contributed by atoms with Crippen LogP contribution in [-0.4, -0.2) is 22.8 Å². The highest BCUT2D eigenvalue weighted by Gasteiger charge is 2.14. The molecule has 0 aliphatic rings. The lowest BCUT2D eigenvalue weighted by Gasteiger charge is -2.15. The maximum atomic E-state index is 12.1. The number of anilines is 1. The van der Waals surface area contributed by atoms with Crippen LogP contribution in [0, 0.1) is 0 Å². The standard InChI is InChI=1S/C12H13ClN4OS/c1-17(7-9-3-5-11(13)19-9)12(18)10-4-2-8(16-14)6-15-10/h2-6,16H,7,14H2,1H3. The number of amides is 1. The van der Waals surface area contributed by atoms with Gasteiger partial charge in [0.25, 0.3) is 5.91 Å². The van der Waals surface area contributed by atoms with Gasteiger partial charge in [-0.25, -0.2) is 4.98 Å². The number of thiophene rings is 1. The predicted octanol–water partition coefficient (Wildman–Crippen LogP) is 2.35. The number of hydrogen-bond acceptors (Lipinski definition) is 5. The first-order chi connectivity index (χ1) is 9.10. The molecule has 100 valence electrons. The van der Waals surface area contributed by atoms with Crippen LogP contribution < -0.4 is 11.3 Å². The first-order valence-corrected chi connectivity index (χ1v) is 6.72. The van der Waals surface area contributed by atoms with Crippen molar-refractivity contribution in [3.8, 4) is 0 Å². The summed E-state index contributed by atoms with van der Waals surface area (Å²) in [4.78, 5) is 18.8.